The predicted molar refractivity (Wildman–Crippen MR) is 97.0 cm³/mol. The first-order valence-corrected chi connectivity index (χ1v) is 8.52. The van der Waals surface area contributed by atoms with Crippen LogP contribution in [-0.2, 0) is 0 Å². The lowest BCUT2D eigenvalue weighted by atomic mass is 10.1. The van der Waals surface area contributed by atoms with Gasteiger partial charge in [0, 0.05) is 11.8 Å². The van der Waals surface area contributed by atoms with Crippen molar-refractivity contribution in [1.29, 1.82) is 0 Å². The lowest BCUT2D eigenvalue weighted by Gasteiger charge is -2.07. The molecule has 5 heteroatoms. The van der Waals surface area contributed by atoms with Crippen molar-refractivity contribution in [3.63, 3.8) is 0 Å². The highest BCUT2D eigenvalue weighted by Crippen LogP contribution is 2.31. The van der Waals surface area contributed by atoms with Crippen LogP contribution >= 0.6 is 11.3 Å². The van der Waals surface area contributed by atoms with Gasteiger partial charge in [0.2, 0.25) is 0 Å². The van der Waals surface area contributed by atoms with Gasteiger partial charge in [-0.3, -0.25) is 0 Å². The zero-order chi connectivity index (χ0) is 15.9. The summed E-state index contributed by atoms with van der Waals surface area (Å²) < 4.78 is 1.90. The maximum atomic E-state index is 4.87. The predicted octanol–water partition coefficient (Wildman–Crippen LogP) is 4.67. The van der Waals surface area contributed by atoms with E-state index in [0.717, 1.165) is 32.9 Å². The Morgan fingerprint density at radius 3 is 2.67 bits per heavy atom. The van der Waals surface area contributed by atoms with Crippen molar-refractivity contribution < 1.29 is 0 Å². The van der Waals surface area contributed by atoms with Crippen LogP contribution in [0.1, 0.15) is 0 Å². The van der Waals surface area contributed by atoms with E-state index in [0.29, 0.717) is 5.65 Å². The molecular weight excluding hydrogens is 316 g/mol. The molecule has 24 heavy (non-hydrogen) atoms. The largest absolute Gasteiger partial charge is 0.235 e. The van der Waals surface area contributed by atoms with E-state index >= 15 is 0 Å². The van der Waals surface area contributed by atoms with Gasteiger partial charge in [0.15, 0.2) is 11.3 Å². The van der Waals surface area contributed by atoms with Gasteiger partial charge in [0.25, 0.3) is 0 Å². The highest BCUT2D eigenvalue weighted by molar-refractivity contribution is 7.13. The lowest BCUT2D eigenvalue weighted by Crippen LogP contribution is -1.97. The molecule has 0 amide bonds. The van der Waals surface area contributed by atoms with Gasteiger partial charge in [-0.25, -0.2) is 14.5 Å². The molecule has 5 aromatic rings. The van der Waals surface area contributed by atoms with Gasteiger partial charge in [0.05, 0.1) is 21.7 Å². The van der Waals surface area contributed by atoms with Crippen LogP contribution in [0, 0.1) is 0 Å². The van der Waals surface area contributed by atoms with Crippen LogP contribution in [0.2, 0.25) is 0 Å². The van der Waals surface area contributed by atoms with Crippen LogP contribution in [0.25, 0.3) is 38.5 Å². The Morgan fingerprint density at radius 2 is 1.83 bits per heavy atom. The third kappa shape index (κ3) is 2.02. The number of hydrogen-bond acceptors (Lipinski definition) is 4. The van der Waals surface area contributed by atoms with Crippen LogP contribution in [0.5, 0.6) is 0 Å². The van der Waals surface area contributed by atoms with Crippen LogP contribution in [0.4, 0.5) is 0 Å². The van der Waals surface area contributed by atoms with Crippen LogP contribution in [0.15, 0.2) is 72.2 Å². The Labute approximate surface area is 142 Å². The quantitative estimate of drug-likeness (QED) is 0.473. The van der Waals surface area contributed by atoms with E-state index in [1.807, 2.05) is 34.8 Å². The molecule has 0 fully saturated rings. The standard InChI is InChI=1S/C19H12N4S/c1-2-6-13(7-3-1)15-12-16(17-9-5-11-24-17)23-19(21-15)14-8-4-10-20-18(14)22-23/h1-12H. The Bertz CT molecular complexity index is 1140. The number of fused-ring (bicyclic) bond motifs is 3. The highest BCUT2D eigenvalue weighted by atomic mass is 32.1. The average Bonchev–Trinajstić information content (AvgIpc) is 3.29. The molecule has 5 rings (SSSR count). The van der Waals surface area contributed by atoms with Crippen molar-refractivity contribution in [2.45, 2.75) is 0 Å². The molecule has 0 saturated heterocycles. The smallest absolute Gasteiger partial charge is 0.183 e. The van der Waals surface area contributed by atoms with Crippen LogP contribution in [-0.4, -0.2) is 19.6 Å². The summed E-state index contributed by atoms with van der Waals surface area (Å²) in [5, 5.41) is 7.70. The lowest BCUT2D eigenvalue weighted by molar-refractivity contribution is 0.961. The topological polar surface area (TPSA) is 43.1 Å². The van der Waals surface area contributed by atoms with Crippen molar-refractivity contribution in [3.05, 3.63) is 72.2 Å². The van der Waals surface area contributed by atoms with Crippen molar-refractivity contribution in [2.24, 2.45) is 0 Å². The summed E-state index contributed by atoms with van der Waals surface area (Å²) in [5.41, 5.74) is 4.62. The minimum Gasteiger partial charge on any atom is -0.235 e. The van der Waals surface area contributed by atoms with Gasteiger partial charge in [-0.05, 0) is 29.6 Å². The summed E-state index contributed by atoms with van der Waals surface area (Å²) in [4.78, 5) is 10.4. The Morgan fingerprint density at radius 1 is 0.917 bits per heavy atom. The normalized spacial score (nSPS) is 11.3. The number of hydrogen-bond donors (Lipinski definition) is 0. The van der Waals surface area contributed by atoms with E-state index in [-0.39, 0.29) is 0 Å². The molecule has 4 aromatic heterocycles. The van der Waals surface area contributed by atoms with Gasteiger partial charge >= 0.3 is 0 Å². The molecule has 0 aliphatic rings. The molecule has 114 valence electrons. The summed E-state index contributed by atoms with van der Waals surface area (Å²) in [7, 11) is 0. The molecule has 0 saturated carbocycles. The van der Waals surface area contributed by atoms with Crippen molar-refractivity contribution in [1.82, 2.24) is 19.6 Å². The second-order valence-corrected chi connectivity index (χ2v) is 6.43. The van der Waals surface area contributed by atoms with E-state index in [9.17, 15) is 0 Å². The monoisotopic (exact) mass is 328 g/mol. The average molecular weight is 328 g/mol. The number of nitrogens with zero attached hydrogens (tertiary/aromatic N) is 4. The fourth-order valence-corrected chi connectivity index (χ4v) is 3.60. The van der Waals surface area contributed by atoms with Crippen LogP contribution in [0.3, 0.4) is 0 Å². The maximum absolute atomic E-state index is 4.87. The molecule has 0 spiro atoms. The number of rotatable bonds is 2. The van der Waals surface area contributed by atoms with E-state index in [1.165, 1.54) is 0 Å². The Hall–Kier alpha value is -3.05. The minimum atomic E-state index is 0.716. The minimum absolute atomic E-state index is 0.716. The zero-order valence-corrected chi connectivity index (χ0v) is 13.4. The summed E-state index contributed by atoms with van der Waals surface area (Å²) in [6.45, 7) is 0. The summed E-state index contributed by atoms with van der Waals surface area (Å²) in [6.07, 6.45) is 1.76. The van der Waals surface area contributed by atoms with Crippen molar-refractivity contribution in [3.8, 4) is 21.8 Å². The Balaban J connectivity index is 1.91. The molecule has 4 nitrogen and oxygen atoms in total. The molecule has 0 aliphatic carbocycles. The van der Waals surface area contributed by atoms with E-state index in [1.54, 1.807) is 17.5 Å². The summed E-state index contributed by atoms with van der Waals surface area (Å²) in [5.74, 6) is 0. The number of pyridine rings is 1. The fraction of sp³-hybridized carbons (Fsp3) is 0. The molecular formula is C19H12N4S. The van der Waals surface area contributed by atoms with E-state index in [2.05, 4.69) is 45.8 Å². The molecule has 0 aliphatic heterocycles. The van der Waals surface area contributed by atoms with Gasteiger partial charge < -0.3 is 0 Å². The molecule has 0 N–H and O–H groups in total. The van der Waals surface area contributed by atoms with Crippen molar-refractivity contribution >= 4 is 28.0 Å². The third-order valence-electron chi connectivity index (χ3n) is 3.99. The second-order valence-electron chi connectivity index (χ2n) is 5.48. The van der Waals surface area contributed by atoms with Gasteiger partial charge in [-0.15, -0.1) is 16.4 Å². The SMILES string of the molecule is c1ccc(-c2cc(-c3cccs3)n3nc4ncccc4c3n2)cc1. The van der Waals surface area contributed by atoms with E-state index in [4.69, 9.17) is 4.98 Å². The van der Waals surface area contributed by atoms with Gasteiger partial charge in [-0.2, -0.15) is 0 Å². The van der Waals surface area contributed by atoms with Crippen molar-refractivity contribution in [2.75, 3.05) is 0 Å². The third-order valence-corrected chi connectivity index (χ3v) is 4.89. The molecule has 0 atom stereocenters. The zero-order valence-electron chi connectivity index (χ0n) is 12.6. The molecule has 0 radical (unpaired) electrons. The fourth-order valence-electron chi connectivity index (χ4n) is 2.88. The molecule has 4 heterocycles. The first-order chi connectivity index (χ1) is 11.9. The first-order valence-electron chi connectivity index (χ1n) is 7.64. The molecule has 1 aromatic carbocycles. The number of thiophene rings is 1. The highest BCUT2D eigenvalue weighted by Gasteiger charge is 2.15. The first kappa shape index (κ1) is 13.4. The maximum Gasteiger partial charge on any atom is 0.183 e. The summed E-state index contributed by atoms with van der Waals surface area (Å²) >= 11 is 1.70. The van der Waals surface area contributed by atoms with Gasteiger partial charge in [-0.1, -0.05) is 36.4 Å². The van der Waals surface area contributed by atoms with Crippen LogP contribution < -0.4 is 0 Å². The molecule has 0 unspecified atom stereocenters. The summed E-state index contributed by atoms with van der Waals surface area (Å²) in [6, 6.07) is 20.4. The van der Waals surface area contributed by atoms with Gasteiger partial charge in [0.1, 0.15) is 0 Å². The second kappa shape index (κ2) is 5.25. The Kier molecular flexibility index (Phi) is 2.93. The van der Waals surface area contributed by atoms with E-state index < -0.39 is 0 Å². The number of benzene rings is 1. The molecule has 0 bridgehead atoms. The number of aromatic nitrogens is 4.